The SMILES string of the molecule is CNS(=O)(=O)c1ccc(C(=O)Nc2nncs2)o1. The molecule has 0 aliphatic carbocycles. The zero-order valence-electron chi connectivity index (χ0n) is 9.08. The summed E-state index contributed by atoms with van der Waals surface area (Å²) in [4.78, 5) is 11.7. The number of anilines is 1. The van der Waals surface area contributed by atoms with Crippen molar-refractivity contribution in [3.63, 3.8) is 0 Å². The van der Waals surface area contributed by atoms with E-state index in [1.165, 1.54) is 24.7 Å². The van der Waals surface area contributed by atoms with Crippen LogP contribution < -0.4 is 10.0 Å². The molecule has 0 fully saturated rings. The van der Waals surface area contributed by atoms with E-state index in [4.69, 9.17) is 4.42 Å². The Balaban J connectivity index is 2.18. The minimum atomic E-state index is -3.69. The van der Waals surface area contributed by atoms with Crippen LogP contribution in [-0.2, 0) is 10.0 Å². The summed E-state index contributed by atoms with van der Waals surface area (Å²) in [5, 5.41) is 9.55. The summed E-state index contributed by atoms with van der Waals surface area (Å²) in [6.45, 7) is 0. The fraction of sp³-hybridized carbons (Fsp3) is 0.125. The Labute approximate surface area is 106 Å². The van der Waals surface area contributed by atoms with Crippen molar-refractivity contribution in [1.29, 1.82) is 0 Å². The molecule has 0 atom stereocenters. The molecule has 96 valence electrons. The third kappa shape index (κ3) is 2.55. The molecule has 2 aromatic heterocycles. The molecule has 8 nitrogen and oxygen atoms in total. The highest BCUT2D eigenvalue weighted by Gasteiger charge is 2.19. The van der Waals surface area contributed by atoms with Gasteiger partial charge in [-0.2, -0.15) is 0 Å². The predicted octanol–water partition coefficient (Wildman–Crippen LogP) is 0.291. The number of sulfonamides is 1. The van der Waals surface area contributed by atoms with Gasteiger partial charge in [-0.25, -0.2) is 13.1 Å². The summed E-state index contributed by atoms with van der Waals surface area (Å²) in [6.07, 6.45) is 0. The number of carbonyl (C=O) groups excluding carboxylic acids is 1. The molecule has 18 heavy (non-hydrogen) atoms. The second-order valence-electron chi connectivity index (χ2n) is 3.02. The molecule has 2 aromatic rings. The van der Waals surface area contributed by atoms with Crippen molar-refractivity contribution in [3.05, 3.63) is 23.4 Å². The van der Waals surface area contributed by atoms with Crippen LogP contribution >= 0.6 is 11.3 Å². The molecule has 0 unspecified atom stereocenters. The second-order valence-corrected chi connectivity index (χ2v) is 5.67. The van der Waals surface area contributed by atoms with E-state index < -0.39 is 15.9 Å². The quantitative estimate of drug-likeness (QED) is 0.835. The number of nitrogens with one attached hydrogen (secondary N) is 2. The number of hydrogen-bond acceptors (Lipinski definition) is 7. The van der Waals surface area contributed by atoms with Crippen LogP contribution in [0.2, 0.25) is 0 Å². The molecule has 0 saturated heterocycles. The van der Waals surface area contributed by atoms with E-state index in [1.54, 1.807) is 0 Å². The van der Waals surface area contributed by atoms with Crippen LogP contribution in [0.3, 0.4) is 0 Å². The fourth-order valence-electron chi connectivity index (χ4n) is 1.07. The Kier molecular flexibility index (Phi) is 3.41. The zero-order valence-corrected chi connectivity index (χ0v) is 10.7. The lowest BCUT2D eigenvalue weighted by Gasteiger charge is -1.98. The maximum atomic E-state index is 11.7. The van der Waals surface area contributed by atoms with Gasteiger partial charge in [0.1, 0.15) is 5.51 Å². The third-order valence-electron chi connectivity index (χ3n) is 1.92. The number of aromatic nitrogens is 2. The molecule has 1 amide bonds. The lowest BCUT2D eigenvalue weighted by atomic mass is 10.4. The fourth-order valence-corrected chi connectivity index (χ4v) is 2.16. The van der Waals surface area contributed by atoms with Crippen LogP contribution in [-0.4, -0.2) is 31.6 Å². The molecular weight excluding hydrogens is 280 g/mol. The summed E-state index contributed by atoms with van der Waals surface area (Å²) in [6, 6.07) is 2.46. The lowest BCUT2D eigenvalue weighted by molar-refractivity contribution is 0.0991. The van der Waals surface area contributed by atoms with E-state index in [0.29, 0.717) is 5.13 Å². The largest absolute Gasteiger partial charge is 0.438 e. The minimum Gasteiger partial charge on any atom is -0.438 e. The molecule has 2 heterocycles. The van der Waals surface area contributed by atoms with Gasteiger partial charge >= 0.3 is 0 Å². The first kappa shape index (κ1) is 12.7. The molecule has 2 rings (SSSR count). The first-order valence-corrected chi connectivity index (χ1v) is 7.00. The van der Waals surface area contributed by atoms with Crippen molar-refractivity contribution in [2.24, 2.45) is 0 Å². The van der Waals surface area contributed by atoms with Gasteiger partial charge < -0.3 is 4.42 Å². The average molecular weight is 288 g/mol. The van der Waals surface area contributed by atoms with Crippen molar-refractivity contribution in [3.8, 4) is 0 Å². The van der Waals surface area contributed by atoms with E-state index in [2.05, 4.69) is 20.2 Å². The summed E-state index contributed by atoms with van der Waals surface area (Å²) in [7, 11) is -2.45. The van der Waals surface area contributed by atoms with E-state index in [-0.39, 0.29) is 10.9 Å². The molecule has 0 spiro atoms. The first-order chi connectivity index (χ1) is 8.53. The van der Waals surface area contributed by atoms with Gasteiger partial charge in [-0.15, -0.1) is 10.2 Å². The molecule has 2 N–H and O–H groups in total. The Bertz CT molecular complexity index is 646. The summed E-state index contributed by atoms with van der Waals surface area (Å²) < 4.78 is 29.8. The predicted molar refractivity (Wildman–Crippen MR) is 62.8 cm³/mol. The highest BCUT2D eigenvalue weighted by molar-refractivity contribution is 7.89. The monoisotopic (exact) mass is 288 g/mol. The molecular formula is C8H8N4O4S2. The summed E-state index contributed by atoms with van der Waals surface area (Å²) >= 11 is 1.14. The van der Waals surface area contributed by atoms with Crippen LogP contribution in [0.25, 0.3) is 0 Å². The normalized spacial score (nSPS) is 11.4. The molecule has 10 heteroatoms. The van der Waals surface area contributed by atoms with E-state index in [0.717, 1.165) is 11.3 Å². The molecule has 0 aromatic carbocycles. The third-order valence-corrected chi connectivity index (χ3v) is 3.81. The highest BCUT2D eigenvalue weighted by Crippen LogP contribution is 2.15. The minimum absolute atomic E-state index is 0.126. The molecule has 0 aliphatic heterocycles. The van der Waals surface area contributed by atoms with Gasteiger partial charge in [0.05, 0.1) is 0 Å². The van der Waals surface area contributed by atoms with Crippen molar-refractivity contribution in [2.75, 3.05) is 12.4 Å². The van der Waals surface area contributed by atoms with Gasteiger partial charge in [0, 0.05) is 0 Å². The molecule has 0 bridgehead atoms. The Morgan fingerprint density at radius 3 is 2.83 bits per heavy atom. The van der Waals surface area contributed by atoms with E-state index in [9.17, 15) is 13.2 Å². The van der Waals surface area contributed by atoms with Crippen molar-refractivity contribution < 1.29 is 17.6 Å². The number of amides is 1. The summed E-state index contributed by atoms with van der Waals surface area (Å²) in [5.74, 6) is -0.719. The topological polar surface area (TPSA) is 114 Å². The van der Waals surface area contributed by atoms with Gasteiger partial charge in [-0.3, -0.25) is 10.1 Å². The highest BCUT2D eigenvalue weighted by atomic mass is 32.2. The van der Waals surface area contributed by atoms with Crippen LogP contribution in [0.15, 0.2) is 27.2 Å². The molecule has 0 radical (unpaired) electrons. The zero-order chi connectivity index (χ0) is 13.2. The Morgan fingerprint density at radius 1 is 1.44 bits per heavy atom. The summed E-state index contributed by atoms with van der Waals surface area (Å²) in [5.41, 5.74) is 1.45. The van der Waals surface area contributed by atoms with Crippen molar-refractivity contribution in [2.45, 2.75) is 5.09 Å². The standard InChI is InChI=1S/C8H8N4O4S2/c1-9-18(14,15)6-3-2-5(16-6)7(13)11-8-12-10-4-17-8/h2-4,9H,1H3,(H,11,12,13). The van der Waals surface area contributed by atoms with Gasteiger partial charge in [0.2, 0.25) is 10.2 Å². The van der Waals surface area contributed by atoms with E-state index >= 15 is 0 Å². The number of carbonyl (C=O) groups is 1. The van der Waals surface area contributed by atoms with Gasteiger partial charge in [0.25, 0.3) is 15.9 Å². The second kappa shape index (κ2) is 4.84. The van der Waals surface area contributed by atoms with Crippen LogP contribution in [0.1, 0.15) is 10.6 Å². The first-order valence-electron chi connectivity index (χ1n) is 4.64. The van der Waals surface area contributed by atoms with Gasteiger partial charge in [-0.1, -0.05) is 11.3 Å². The number of nitrogens with zero attached hydrogens (tertiary/aromatic N) is 2. The number of furan rings is 1. The van der Waals surface area contributed by atoms with Crippen molar-refractivity contribution in [1.82, 2.24) is 14.9 Å². The molecule has 0 saturated carbocycles. The Hall–Kier alpha value is -1.78. The lowest BCUT2D eigenvalue weighted by Crippen LogP contribution is -2.18. The Morgan fingerprint density at radius 2 is 2.22 bits per heavy atom. The maximum Gasteiger partial charge on any atom is 0.293 e. The average Bonchev–Trinajstić information content (AvgIpc) is 2.99. The maximum absolute atomic E-state index is 11.7. The number of rotatable bonds is 4. The van der Waals surface area contributed by atoms with Gasteiger partial charge in [-0.05, 0) is 19.2 Å². The molecule has 0 aliphatic rings. The van der Waals surface area contributed by atoms with Gasteiger partial charge in [0.15, 0.2) is 5.76 Å². The smallest absolute Gasteiger partial charge is 0.293 e. The van der Waals surface area contributed by atoms with Crippen LogP contribution in [0.5, 0.6) is 0 Å². The van der Waals surface area contributed by atoms with Crippen molar-refractivity contribution >= 4 is 32.4 Å². The van der Waals surface area contributed by atoms with Crippen LogP contribution in [0.4, 0.5) is 5.13 Å². The number of hydrogen-bond donors (Lipinski definition) is 2. The van der Waals surface area contributed by atoms with E-state index in [1.807, 2.05) is 0 Å². The van der Waals surface area contributed by atoms with Crippen LogP contribution in [0, 0.1) is 0 Å².